The summed E-state index contributed by atoms with van der Waals surface area (Å²) in [6, 6.07) is 0. The molecule has 0 amide bonds. The van der Waals surface area contributed by atoms with E-state index in [1.807, 2.05) is 17.8 Å². The second-order valence-electron chi connectivity index (χ2n) is 4.31. The second-order valence-corrected chi connectivity index (χ2v) is 5.25. The summed E-state index contributed by atoms with van der Waals surface area (Å²) in [4.78, 5) is 8.57. The predicted octanol–water partition coefficient (Wildman–Crippen LogP) is 2.29. The molecule has 0 aliphatic carbocycles. The van der Waals surface area contributed by atoms with E-state index in [1.54, 1.807) is 18.0 Å². The molecule has 0 spiro atoms. The predicted molar refractivity (Wildman–Crippen MR) is 65.6 cm³/mol. The van der Waals surface area contributed by atoms with Crippen molar-refractivity contribution < 1.29 is 4.52 Å². The van der Waals surface area contributed by atoms with Crippen LogP contribution in [0.25, 0.3) is 0 Å². The summed E-state index contributed by atoms with van der Waals surface area (Å²) in [5.41, 5.74) is 0. The zero-order chi connectivity index (χ0) is 12.3. The first-order valence-electron chi connectivity index (χ1n) is 5.56. The Balaban J connectivity index is 1.91. The largest absolute Gasteiger partial charge is 0.338 e. The molecule has 2 rings (SSSR count). The Bertz CT molecular complexity index is 477. The molecule has 92 valence electrons. The summed E-state index contributed by atoms with van der Waals surface area (Å²) in [7, 11) is 1.97. The molecule has 17 heavy (non-hydrogen) atoms. The molecule has 0 saturated heterocycles. The van der Waals surface area contributed by atoms with Crippen LogP contribution in [0.5, 0.6) is 0 Å². The number of aromatic nitrogens is 4. The molecule has 0 radical (unpaired) electrons. The Labute approximate surface area is 105 Å². The number of aryl methyl sites for hydroxylation is 1. The number of hydrogen-bond acceptors (Lipinski definition) is 5. The normalized spacial score (nSPS) is 11.3. The van der Waals surface area contributed by atoms with E-state index < -0.39 is 0 Å². The van der Waals surface area contributed by atoms with Crippen LogP contribution in [0.1, 0.15) is 25.6 Å². The lowest BCUT2D eigenvalue weighted by Gasteiger charge is -1.97. The van der Waals surface area contributed by atoms with Gasteiger partial charge in [0.1, 0.15) is 0 Å². The Hall–Kier alpha value is -1.30. The van der Waals surface area contributed by atoms with Gasteiger partial charge in [0.05, 0.1) is 5.75 Å². The van der Waals surface area contributed by atoms with E-state index in [4.69, 9.17) is 4.52 Å². The highest BCUT2D eigenvalue weighted by atomic mass is 32.2. The molecule has 6 heteroatoms. The van der Waals surface area contributed by atoms with Gasteiger partial charge in [-0.05, 0) is 5.92 Å². The van der Waals surface area contributed by atoms with Crippen LogP contribution in [-0.4, -0.2) is 19.7 Å². The molecule has 0 unspecified atom stereocenters. The first kappa shape index (κ1) is 12.2. The van der Waals surface area contributed by atoms with Gasteiger partial charge in [-0.15, -0.1) is 0 Å². The molecule has 2 aromatic rings. The van der Waals surface area contributed by atoms with E-state index in [0.29, 0.717) is 17.6 Å². The lowest BCUT2D eigenvalue weighted by Crippen LogP contribution is -1.96. The Morgan fingerprint density at radius 1 is 1.47 bits per heavy atom. The van der Waals surface area contributed by atoms with Crippen molar-refractivity contribution >= 4 is 11.8 Å². The van der Waals surface area contributed by atoms with E-state index in [2.05, 4.69) is 29.0 Å². The minimum Gasteiger partial charge on any atom is -0.338 e. The number of thioether (sulfide) groups is 1. The summed E-state index contributed by atoms with van der Waals surface area (Å²) in [5.74, 6) is 2.65. The van der Waals surface area contributed by atoms with Crippen molar-refractivity contribution in [3.05, 3.63) is 24.1 Å². The Morgan fingerprint density at radius 2 is 2.29 bits per heavy atom. The third-order valence-corrected chi connectivity index (χ3v) is 3.25. The average Bonchev–Trinajstić information content (AvgIpc) is 2.84. The van der Waals surface area contributed by atoms with Gasteiger partial charge in [-0.25, -0.2) is 4.98 Å². The van der Waals surface area contributed by atoms with Crippen LogP contribution in [0.4, 0.5) is 0 Å². The fraction of sp³-hybridized carbons (Fsp3) is 0.545. The van der Waals surface area contributed by atoms with Crippen molar-refractivity contribution in [2.75, 3.05) is 0 Å². The fourth-order valence-corrected chi connectivity index (χ4v) is 2.18. The minimum absolute atomic E-state index is 0.544. The topological polar surface area (TPSA) is 56.7 Å². The van der Waals surface area contributed by atoms with Crippen molar-refractivity contribution in [2.24, 2.45) is 13.0 Å². The van der Waals surface area contributed by atoms with Gasteiger partial charge in [0.15, 0.2) is 11.0 Å². The zero-order valence-corrected chi connectivity index (χ0v) is 11.1. The highest BCUT2D eigenvalue weighted by Crippen LogP contribution is 2.19. The average molecular weight is 252 g/mol. The van der Waals surface area contributed by atoms with Crippen LogP contribution in [0.2, 0.25) is 0 Å². The van der Waals surface area contributed by atoms with Gasteiger partial charge in [-0.3, -0.25) is 0 Å². The molecule has 0 bridgehead atoms. The van der Waals surface area contributed by atoms with E-state index in [9.17, 15) is 0 Å². The van der Waals surface area contributed by atoms with E-state index in [-0.39, 0.29) is 0 Å². The molecule has 0 aliphatic heterocycles. The maximum Gasteiger partial charge on any atom is 0.237 e. The molecule has 0 saturated carbocycles. The van der Waals surface area contributed by atoms with Gasteiger partial charge in [0, 0.05) is 25.9 Å². The van der Waals surface area contributed by atoms with Crippen LogP contribution >= 0.6 is 11.8 Å². The maximum absolute atomic E-state index is 5.18. The summed E-state index contributed by atoms with van der Waals surface area (Å²) in [6.07, 6.45) is 4.55. The molecule has 5 nitrogen and oxygen atoms in total. The fourth-order valence-electron chi connectivity index (χ4n) is 1.41. The third-order valence-electron chi connectivity index (χ3n) is 2.20. The van der Waals surface area contributed by atoms with Crippen molar-refractivity contribution in [1.82, 2.24) is 19.7 Å². The number of rotatable bonds is 5. The number of nitrogens with zero attached hydrogens (tertiary/aromatic N) is 4. The molecule has 0 aliphatic rings. The van der Waals surface area contributed by atoms with Gasteiger partial charge in [0.25, 0.3) is 0 Å². The molecule has 0 N–H and O–H groups in total. The molecular formula is C11H16N4OS. The van der Waals surface area contributed by atoms with Gasteiger partial charge >= 0.3 is 0 Å². The zero-order valence-electron chi connectivity index (χ0n) is 10.3. The smallest absolute Gasteiger partial charge is 0.237 e. The maximum atomic E-state index is 5.18. The van der Waals surface area contributed by atoms with Crippen molar-refractivity contribution in [1.29, 1.82) is 0 Å². The quantitative estimate of drug-likeness (QED) is 0.764. The van der Waals surface area contributed by atoms with Crippen LogP contribution < -0.4 is 0 Å². The molecular weight excluding hydrogens is 236 g/mol. The summed E-state index contributed by atoms with van der Waals surface area (Å²) in [6.45, 7) is 4.28. The molecule has 2 heterocycles. The minimum atomic E-state index is 0.544. The van der Waals surface area contributed by atoms with Crippen LogP contribution in [0.3, 0.4) is 0 Å². The molecule has 0 fully saturated rings. The summed E-state index contributed by atoms with van der Waals surface area (Å²) < 4.78 is 7.15. The van der Waals surface area contributed by atoms with Crippen molar-refractivity contribution in [3.63, 3.8) is 0 Å². The Morgan fingerprint density at radius 3 is 2.94 bits per heavy atom. The highest BCUT2D eigenvalue weighted by molar-refractivity contribution is 7.98. The van der Waals surface area contributed by atoms with Crippen LogP contribution in [-0.2, 0) is 19.2 Å². The molecule has 2 aromatic heterocycles. The first-order chi connectivity index (χ1) is 8.15. The Kier molecular flexibility index (Phi) is 3.83. The number of hydrogen-bond donors (Lipinski definition) is 0. The van der Waals surface area contributed by atoms with Crippen molar-refractivity contribution in [3.8, 4) is 0 Å². The monoisotopic (exact) mass is 252 g/mol. The lowest BCUT2D eigenvalue weighted by atomic mass is 10.1. The van der Waals surface area contributed by atoms with Crippen LogP contribution in [0, 0.1) is 5.92 Å². The number of imidazole rings is 1. The van der Waals surface area contributed by atoms with E-state index >= 15 is 0 Å². The lowest BCUT2D eigenvalue weighted by molar-refractivity contribution is 0.382. The SMILES string of the molecule is CC(C)Cc1noc(CSc2nccn2C)n1. The van der Waals surface area contributed by atoms with Gasteiger partial charge in [-0.1, -0.05) is 30.8 Å². The third kappa shape index (κ3) is 3.33. The van der Waals surface area contributed by atoms with Gasteiger partial charge < -0.3 is 9.09 Å². The van der Waals surface area contributed by atoms with Gasteiger partial charge in [0.2, 0.25) is 5.89 Å². The first-order valence-corrected chi connectivity index (χ1v) is 6.55. The summed E-state index contributed by atoms with van der Waals surface area (Å²) in [5, 5.41) is 4.90. The molecule has 0 atom stereocenters. The van der Waals surface area contributed by atoms with E-state index in [1.165, 1.54) is 0 Å². The standard InChI is InChI=1S/C11H16N4OS/c1-8(2)6-9-13-10(16-14-9)7-17-11-12-4-5-15(11)3/h4-5,8H,6-7H2,1-3H3. The summed E-state index contributed by atoms with van der Waals surface area (Å²) >= 11 is 1.59. The van der Waals surface area contributed by atoms with Gasteiger partial charge in [-0.2, -0.15) is 4.98 Å². The highest BCUT2D eigenvalue weighted by Gasteiger charge is 2.09. The second kappa shape index (κ2) is 5.35. The van der Waals surface area contributed by atoms with Crippen molar-refractivity contribution in [2.45, 2.75) is 31.2 Å². The molecule has 0 aromatic carbocycles. The van der Waals surface area contributed by atoms with E-state index in [0.717, 1.165) is 17.4 Å². The van der Waals surface area contributed by atoms with Crippen LogP contribution in [0.15, 0.2) is 22.1 Å².